The number of aliphatic hydroxyl groups excluding tert-OH is 1. The fourth-order valence-corrected chi connectivity index (χ4v) is 2.30. The van der Waals surface area contributed by atoms with Gasteiger partial charge in [0.05, 0.1) is 28.6 Å². The molecular formula is C21H28N4O4. The second-order valence-electron chi connectivity index (χ2n) is 6.15. The molecule has 0 heterocycles. The molecule has 2 rings (SSSR count). The van der Waals surface area contributed by atoms with E-state index in [2.05, 4.69) is 37.3 Å². The Hall–Kier alpha value is -3.49. The molecule has 0 bridgehead atoms. The third kappa shape index (κ3) is 6.00. The van der Waals surface area contributed by atoms with Crippen molar-refractivity contribution in [2.45, 2.75) is 33.3 Å². The minimum absolute atomic E-state index is 0.0462. The van der Waals surface area contributed by atoms with Crippen molar-refractivity contribution >= 4 is 17.4 Å². The Labute approximate surface area is 171 Å². The molecule has 0 saturated heterocycles. The van der Waals surface area contributed by atoms with Crippen molar-refractivity contribution in [2.75, 3.05) is 26.0 Å². The number of likely N-dealkylation sites (N-methyl/N-ethyl adjacent to an activating group) is 1. The SMILES string of the molecule is C#C.CCC.CCNC1=C(Nc2cc(C#N)cc(C(=O)N(C)C)c2O)C(=O)C1O. The third-order valence-electron chi connectivity index (χ3n) is 3.54. The van der Waals surface area contributed by atoms with E-state index in [-0.39, 0.29) is 28.3 Å². The minimum Gasteiger partial charge on any atom is -0.505 e. The summed E-state index contributed by atoms with van der Waals surface area (Å²) in [7, 11) is 3.04. The van der Waals surface area contributed by atoms with Crippen LogP contribution in [0.5, 0.6) is 5.75 Å². The summed E-state index contributed by atoms with van der Waals surface area (Å²) < 4.78 is 0. The van der Waals surface area contributed by atoms with Gasteiger partial charge in [-0.2, -0.15) is 5.26 Å². The van der Waals surface area contributed by atoms with Crippen LogP contribution in [-0.4, -0.2) is 53.5 Å². The van der Waals surface area contributed by atoms with Gasteiger partial charge in [-0.25, -0.2) is 0 Å². The second-order valence-corrected chi connectivity index (χ2v) is 6.15. The first kappa shape index (κ1) is 25.5. The first-order chi connectivity index (χ1) is 13.7. The molecule has 0 saturated carbocycles. The van der Waals surface area contributed by atoms with Crippen LogP contribution in [-0.2, 0) is 4.79 Å². The van der Waals surface area contributed by atoms with Gasteiger partial charge in [-0.1, -0.05) is 20.3 Å². The smallest absolute Gasteiger partial charge is 0.257 e. The maximum Gasteiger partial charge on any atom is 0.257 e. The summed E-state index contributed by atoms with van der Waals surface area (Å²) in [5.74, 6) is -1.38. The van der Waals surface area contributed by atoms with Crippen LogP contribution >= 0.6 is 0 Å². The fraction of sp³-hybridized carbons (Fsp3) is 0.381. The van der Waals surface area contributed by atoms with E-state index >= 15 is 0 Å². The Balaban J connectivity index is 0.00000143. The summed E-state index contributed by atoms with van der Waals surface area (Å²) >= 11 is 0. The Morgan fingerprint density at radius 3 is 2.28 bits per heavy atom. The van der Waals surface area contributed by atoms with Gasteiger partial charge in [0.2, 0.25) is 5.78 Å². The molecule has 1 aliphatic rings. The van der Waals surface area contributed by atoms with Crippen molar-refractivity contribution < 1.29 is 19.8 Å². The average molecular weight is 400 g/mol. The number of ketones is 1. The Bertz CT molecular complexity index is 835. The van der Waals surface area contributed by atoms with Crippen LogP contribution in [0.15, 0.2) is 23.5 Å². The Kier molecular flexibility index (Phi) is 10.6. The van der Waals surface area contributed by atoms with Gasteiger partial charge in [0.1, 0.15) is 5.70 Å². The van der Waals surface area contributed by atoms with Gasteiger partial charge >= 0.3 is 0 Å². The zero-order valence-electron chi connectivity index (χ0n) is 17.4. The molecule has 1 aliphatic carbocycles. The van der Waals surface area contributed by atoms with Crippen LogP contribution in [0.3, 0.4) is 0 Å². The van der Waals surface area contributed by atoms with Crippen LogP contribution in [0.2, 0.25) is 0 Å². The number of amides is 1. The van der Waals surface area contributed by atoms with Gasteiger partial charge in [0.15, 0.2) is 11.9 Å². The molecule has 0 aromatic heterocycles. The monoisotopic (exact) mass is 400 g/mol. The molecule has 8 nitrogen and oxygen atoms in total. The van der Waals surface area contributed by atoms with Gasteiger partial charge < -0.3 is 25.7 Å². The number of aromatic hydroxyl groups is 1. The Morgan fingerprint density at radius 2 is 1.83 bits per heavy atom. The van der Waals surface area contributed by atoms with Crippen molar-refractivity contribution in [1.82, 2.24) is 10.2 Å². The summed E-state index contributed by atoms with van der Waals surface area (Å²) in [5, 5.41) is 34.7. The van der Waals surface area contributed by atoms with E-state index in [1.807, 2.05) is 13.0 Å². The number of rotatable bonds is 5. The molecule has 1 unspecified atom stereocenters. The highest BCUT2D eigenvalue weighted by atomic mass is 16.3. The Morgan fingerprint density at radius 1 is 1.28 bits per heavy atom. The van der Waals surface area contributed by atoms with Gasteiger partial charge in [-0.15, -0.1) is 12.8 Å². The van der Waals surface area contributed by atoms with E-state index in [0.717, 1.165) is 0 Å². The van der Waals surface area contributed by atoms with Crippen molar-refractivity contribution in [3.63, 3.8) is 0 Å². The standard InChI is InChI=1S/C16H18N4O4.C3H8.C2H2/c1-4-18-11-12(15(23)14(11)22)19-10-6-8(7-17)5-9(13(10)21)16(24)20(2)3;1-3-2;1-2/h5-6,14,18-19,21-22H,4H2,1-3H3;3H2,1-2H3;1-2H. The maximum atomic E-state index is 12.1. The topological polar surface area (TPSA) is 126 Å². The molecular weight excluding hydrogens is 372 g/mol. The lowest BCUT2D eigenvalue weighted by Crippen LogP contribution is -2.45. The molecule has 0 aliphatic heterocycles. The number of anilines is 1. The number of Topliss-reactive ketones (excluding diaryl/α,β-unsaturated/α-hetero) is 1. The third-order valence-corrected chi connectivity index (χ3v) is 3.54. The molecule has 0 spiro atoms. The van der Waals surface area contributed by atoms with Crippen molar-refractivity contribution in [3.8, 4) is 24.7 Å². The number of nitriles is 1. The maximum absolute atomic E-state index is 12.1. The highest BCUT2D eigenvalue weighted by Gasteiger charge is 2.38. The zero-order chi connectivity index (χ0) is 22.7. The molecule has 156 valence electrons. The van der Waals surface area contributed by atoms with Crippen molar-refractivity contribution in [1.29, 1.82) is 5.26 Å². The molecule has 1 atom stereocenters. The number of phenolic OH excluding ortho intramolecular Hbond substituents is 1. The van der Waals surface area contributed by atoms with E-state index in [9.17, 15) is 19.8 Å². The number of phenols is 1. The number of terminal acetylenes is 1. The number of carbonyl (C=O) groups is 2. The molecule has 0 radical (unpaired) electrons. The van der Waals surface area contributed by atoms with Crippen molar-refractivity contribution in [3.05, 3.63) is 34.7 Å². The van der Waals surface area contributed by atoms with Gasteiger partial charge in [-0.05, 0) is 19.1 Å². The summed E-state index contributed by atoms with van der Waals surface area (Å²) in [6, 6.07) is 4.51. The molecule has 1 aromatic rings. The van der Waals surface area contributed by atoms with Crippen LogP contribution in [0.4, 0.5) is 5.69 Å². The summed E-state index contributed by atoms with van der Waals surface area (Å²) in [6.07, 6.45) is 8.01. The van der Waals surface area contributed by atoms with Gasteiger partial charge in [0, 0.05) is 20.6 Å². The van der Waals surface area contributed by atoms with Crippen LogP contribution in [0, 0.1) is 24.2 Å². The van der Waals surface area contributed by atoms with E-state index in [4.69, 9.17) is 5.26 Å². The second kappa shape index (κ2) is 12.1. The fourth-order valence-electron chi connectivity index (χ4n) is 2.30. The van der Waals surface area contributed by atoms with Crippen LogP contribution < -0.4 is 10.6 Å². The highest BCUT2D eigenvalue weighted by molar-refractivity contribution is 6.11. The number of aliphatic hydroxyl groups is 1. The number of hydrogen-bond donors (Lipinski definition) is 4. The average Bonchev–Trinajstić information content (AvgIpc) is 2.72. The predicted molar refractivity (Wildman–Crippen MR) is 112 cm³/mol. The summed E-state index contributed by atoms with van der Waals surface area (Å²) in [6.45, 7) is 6.56. The lowest BCUT2D eigenvalue weighted by atomic mass is 9.94. The highest BCUT2D eigenvalue weighted by Crippen LogP contribution is 2.34. The molecule has 4 N–H and O–H groups in total. The molecule has 1 aromatic carbocycles. The molecule has 1 amide bonds. The number of nitrogens with zero attached hydrogens (tertiary/aromatic N) is 2. The lowest BCUT2D eigenvalue weighted by Gasteiger charge is -2.29. The van der Waals surface area contributed by atoms with Crippen LogP contribution in [0.1, 0.15) is 43.1 Å². The van der Waals surface area contributed by atoms with Crippen LogP contribution in [0.25, 0.3) is 0 Å². The normalized spacial score (nSPS) is 14.2. The predicted octanol–water partition coefficient (Wildman–Crippen LogP) is 1.81. The molecule has 8 heteroatoms. The van der Waals surface area contributed by atoms with Gasteiger partial charge in [-0.3, -0.25) is 9.59 Å². The molecule has 0 fully saturated rings. The van der Waals surface area contributed by atoms with E-state index in [1.54, 1.807) is 0 Å². The van der Waals surface area contributed by atoms with E-state index in [0.29, 0.717) is 12.2 Å². The first-order valence-corrected chi connectivity index (χ1v) is 9.02. The van der Waals surface area contributed by atoms with E-state index < -0.39 is 17.8 Å². The zero-order valence-corrected chi connectivity index (χ0v) is 17.4. The minimum atomic E-state index is -1.24. The summed E-state index contributed by atoms with van der Waals surface area (Å²) in [5.41, 5.74) is 0.547. The molecule has 29 heavy (non-hydrogen) atoms. The van der Waals surface area contributed by atoms with Crippen molar-refractivity contribution in [2.24, 2.45) is 0 Å². The largest absolute Gasteiger partial charge is 0.505 e. The number of carbonyl (C=O) groups excluding carboxylic acids is 2. The lowest BCUT2D eigenvalue weighted by molar-refractivity contribution is -0.124. The van der Waals surface area contributed by atoms with E-state index in [1.165, 1.54) is 37.5 Å². The van der Waals surface area contributed by atoms with Gasteiger partial charge in [0.25, 0.3) is 5.91 Å². The number of benzene rings is 1. The number of hydrogen-bond acceptors (Lipinski definition) is 7. The first-order valence-electron chi connectivity index (χ1n) is 9.02. The number of nitrogens with one attached hydrogen (secondary N) is 2. The summed E-state index contributed by atoms with van der Waals surface area (Å²) in [4.78, 5) is 25.2. The quantitative estimate of drug-likeness (QED) is 0.439.